The maximum absolute atomic E-state index is 10.8. The van der Waals surface area contributed by atoms with E-state index in [9.17, 15) is 19.2 Å². The molecule has 0 spiro atoms. The summed E-state index contributed by atoms with van der Waals surface area (Å²) in [5.74, 6) is -2.44. The lowest BCUT2D eigenvalue weighted by atomic mass is 10.3. The lowest BCUT2D eigenvalue weighted by Gasteiger charge is -1.92. The lowest BCUT2D eigenvalue weighted by molar-refractivity contribution is 0.0684. The van der Waals surface area contributed by atoms with Gasteiger partial charge >= 0.3 is 11.9 Å². The number of hydrogen-bond donors (Lipinski definition) is 4. The molecule has 2 heterocycles. The van der Waals surface area contributed by atoms with Crippen LogP contribution in [0, 0.1) is 0 Å². The van der Waals surface area contributed by atoms with E-state index in [0.717, 1.165) is 0 Å². The van der Waals surface area contributed by atoms with E-state index >= 15 is 0 Å². The predicted molar refractivity (Wildman–Crippen MR) is 75.7 cm³/mol. The van der Waals surface area contributed by atoms with E-state index < -0.39 is 23.1 Å². The van der Waals surface area contributed by atoms with Crippen molar-refractivity contribution in [2.24, 2.45) is 0 Å². The zero-order valence-electron chi connectivity index (χ0n) is 10.3. The molecule has 0 aromatic carbocycles. The molecule has 2 aromatic heterocycles. The van der Waals surface area contributed by atoms with Gasteiger partial charge in [0.1, 0.15) is 11.1 Å². The Morgan fingerprint density at radius 1 is 1.00 bits per heavy atom. The minimum absolute atomic E-state index is 0.234. The minimum Gasteiger partial charge on any atom is -0.477 e. The molecule has 0 saturated heterocycles. The van der Waals surface area contributed by atoms with Crippen LogP contribution in [-0.2, 0) is 0 Å². The van der Waals surface area contributed by atoms with Crippen molar-refractivity contribution in [3.8, 4) is 0 Å². The van der Waals surface area contributed by atoms with Crippen LogP contribution >= 0.6 is 15.9 Å². The molecule has 0 fully saturated rings. The topological polar surface area (TPSA) is 140 Å². The van der Waals surface area contributed by atoms with Crippen molar-refractivity contribution < 1.29 is 19.8 Å². The molecule has 9 heteroatoms. The van der Waals surface area contributed by atoms with Gasteiger partial charge in [-0.3, -0.25) is 9.59 Å². The summed E-state index contributed by atoms with van der Waals surface area (Å²) in [5.41, 5.74) is -1.67. The molecule has 0 aliphatic heterocycles. The second kappa shape index (κ2) is 7.20. The van der Waals surface area contributed by atoms with Gasteiger partial charge in [0, 0.05) is 16.9 Å². The number of hydrogen-bond acceptors (Lipinski definition) is 4. The molecule has 0 atom stereocenters. The van der Waals surface area contributed by atoms with Gasteiger partial charge in [-0.25, -0.2) is 9.59 Å². The zero-order chi connectivity index (χ0) is 16.0. The molecule has 0 radical (unpaired) electrons. The summed E-state index contributed by atoms with van der Waals surface area (Å²) in [7, 11) is 0. The Kier molecular flexibility index (Phi) is 5.61. The normalized spacial score (nSPS) is 9.38. The fourth-order valence-corrected chi connectivity index (χ4v) is 1.55. The molecule has 2 aromatic rings. The first-order valence-electron chi connectivity index (χ1n) is 5.35. The quantitative estimate of drug-likeness (QED) is 0.630. The average Bonchev–Trinajstić information content (AvgIpc) is 2.42. The van der Waals surface area contributed by atoms with E-state index in [-0.39, 0.29) is 11.1 Å². The van der Waals surface area contributed by atoms with Crippen LogP contribution in [0.1, 0.15) is 20.7 Å². The molecule has 110 valence electrons. The van der Waals surface area contributed by atoms with E-state index in [2.05, 4.69) is 25.9 Å². The number of rotatable bonds is 2. The summed E-state index contributed by atoms with van der Waals surface area (Å²) in [6.07, 6.45) is 2.77. The van der Waals surface area contributed by atoms with E-state index in [1.165, 1.54) is 30.6 Å². The summed E-state index contributed by atoms with van der Waals surface area (Å²) in [6.45, 7) is 0. The molecule has 0 amide bonds. The van der Waals surface area contributed by atoms with Crippen molar-refractivity contribution in [1.29, 1.82) is 0 Å². The number of aromatic nitrogens is 2. The summed E-state index contributed by atoms with van der Waals surface area (Å²) in [4.78, 5) is 46.4. The Labute approximate surface area is 125 Å². The SMILES string of the molecule is O=C(O)c1cc(Br)c[nH]c1=O.O=C(O)c1ccc[nH]c1=O. The molecule has 2 rings (SSSR count). The van der Waals surface area contributed by atoms with Crippen molar-refractivity contribution in [2.75, 3.05) is 0 Å². The molecular formula is C12H9BrN2O6. The number of carboxylic acid groups (broad SMARTS) is 2. The third-order valence-electron chi connectivity index (χ3n) is 2.15. The molecule has 0 aliphatic rings. The minimum atomic E-state index is -1.23. The monoisotopic (exact) mass is 356 g/mol. The van der Waals surface area contributed by atoms with Gasteiger partial charge in [-0.15, -0.1) is 0 Å². The van der Waals surface area contributed by atoms with Gasteiger partial charge in [-0.2, -0.15) is 0 Å². The summed E-state index contributed by atoms with van der Waals surface area (Å²) in [5, 5.41) is 16.8. The van der Waals surface area contributed by atoms with Crippen LogP contribution in [0.15, 0.2) is 44.7 Å². The Morgan fingerprint density at radius 3 is 2.00 bits per heavy atom. The standard InChI is InChI=1S/C6H4BrNO3.C6H5NO3/c7-3-1-4(6(10)11)5(9)8-2-3;8-5-4(6(9)10)2-1-3-7-5/h1-2H,(H,8,9)(H,10,11);1-3H,(H,7,8)(H,9,10). The molecule has 4 N–H and O–H groups in total. The molecule has 0 saturated carbocycles. The number of nitrogens with one attached hydrogen (secondary N) is 2. The summed E-state index contributed by atoms with van der Waals surface area (Å²) < 4.78 is 0.537. The highest BCUT2D eigenvalue weighted by Crippen LogP contribution is 2.06. The first-order chi connectivity index (χ1) is 9.82. The van der Waals surface area contributed by atoms with Crippen LogP contribution in [0.25, 0.3) is 0 Å². The highest BCUT2D eigenvalue weighted by Gasteiger charge is 2.07. The second-order valence-electron chi connectivity index (χ2n) is 3.58. The van der Waals surface area contributed by atoms with Gasteiger partial charge < -0.3 is 20.2 Å². The molecular weight excluding hydrogens is 348 g/mol. The van der Waals surface area contributed by atoms with E-state index in [1.807, 2.05) is 0 Å². The average molecular weight is 357 g/mol. The third-order valence-corrected chi connectivity index (χ3v) is 2.60. The molecule has 8 nitrogen and oxygen atoms in total. The van der Waals surface area contributed by atoms with Crippen molar-refractivity contribution in [3.63, 3.8) is 0 Å². The Morgan fingerprint density at radius 2 is 1.57 bits per heavy atom. The summed E-state index contributed by atoms with van der Waals surface area (Å²) in [6, 6.07) is 3.97. The van der Waals surface area contributed by atoms with Gasteiger partial charge in [-0.05, 0) is 34.1 Å². The van der Waals surface area contributed by atoms with Crippen molar-refractivity contribution in [1.82, 2.24) is 9.97 Å². The number of H-pyrrole nitrogens is 2. The van der Waals surface area contributed by atoms with Gasteiger partial charge in [0.15, 0.2) is 0 Å². The highest BCUT2D eigenvalue weighted by atomic mass is 79.9. The first kappa shape index (κ1) is 16.4. The fourth-order valence-electron chi connectivity index (χ4n) is 1.21. The Hall–Kier alpha value is -2.68. The molecule has 0 aliphatic carbocycles. The zero-order valence-corrected chi connectivity index (χ0v) is 11.9. The van der Waals surface area contributed by atoms with Crippen LogP contribution in [0.5, 0.6) is 0 Å². The van der Waals surface area contributed by atoms with Crippen LogP contribution < -0.4 is 11.1 Å². The Balaban J connectivity index is 0.000000211. The number of halogens is 1. The maximum Gasteiger partial charge on any atom is 0.341 e. The van der Waals surface area contributed by atoms with E-state index in [0.29, 0.717) is 4.47 Å². The number of pyridine rings is 2. The van der Waals surface area contributed by atoms with Crippen LogP contribution in [-0.4, -0.2) is 32.1 Å². The number of carbonyl (C=O) groups is 2. The van der Waals surface area contributed by atoms with E-state index in [1.54, 1.807) is 0 Å². The van der Waals surface area contributed by atoms with Crippen molar-refractivity contribution >= 4 is 27.9 Å². The first-order valence-corrected chi connectivity index (χ1v) is 6.14. The third kappa shape index (κ3) is 4.73. The molecule has 0 unspecified atom stereocenters. The number of aromatic amines is 2. The smallest absolute Gasteiger partial charge is 0.341 e. The fraction of sp³-hybridized carbons (Fsp3) is 0. The van der Waals surface area contributed by atoms with Crippen LogP contribution in [0.4, 0.5) is 0 Å². The maximum atomic E-state index is 10.8. The van der Waals surface area contributed by atoms with Gasteiger partial charge in [0.2, 0.25) is 0 Å². The number of aromatic carboxylic acids is 2. The van der Waals surface area contributed by atoms with Crippen LogP contribution in [0.3, 0.4) is 0 Å². The highest BCUT2D eigenvalue weighted by molar-refractivity contribution is 9.10. The number of carboxylic acids is 2. The second-order valence-corrected chi connectivity index (χ2v) is 4.50. The van der Waals surface area contributed by atoms with Gasteiger partial charge in [0.25, 0.3) is 11.1 Å². The Bertz CT molecular complexity index is 780. The van der Waals surface area contributed by atoms with Gasteiger partial charge in [-0.1, -0.05) is 0 Å². The van der Waals surface area contributed by atoms with E-state index in [4.69, 9.17) is 10.2 Å². The van der Waals surface area contributed by atoms with Gasteiger partial charge in [0.05, 0.1) is 0 Å². The molecule has 21 heavy (non-hydrogen) atoms. The summed E-state index contributed by atoms with van der Waals surface area (Å²) >= 11 is 3.03. The van der Waals surface area contributed by atoms with Crippen LogP contribution in [0.2, 0.25) is 0 Å². The van der Waals surface area contributed by atoms with Crippen molar-refractivity contribution in [2.45, 2.75) is 0 Å². The lowest BCUT2D eigenvalue weighted by Crippen LogP contribution is -2.16. The van der Waals surface area contributed by atoms with Crippen molar-refractivity contribution in [3.05, 3.63) is 66.9 Å². The molecule has 0 bridgehead atoms. The largest absolute Gasteiger partial charge is 0.477 e. The predicted octanol–water partition coefficient (Wildman–Crippen LogP) is 0.909.